The van der Waals surface area contributed by atoms with Gasteiger partial charge in [-0.15, -0.1) is 0 Å². The fraction of sp³-hybridized carbons (Fsp3) is 0.500. The molecule has 0 heterocycles. The number of carboxylic acids is 1. The van der Waals surface area contributed by atoms with Gasteiger partial charge in [0.1, 0.15) is 12.1 Å². The van der Waals surface area contributed by atoms with Gasteiger partial charge in [-0.2, -0.15) is 0 Å². The number of carbonyl (C=O) groups is 3. The third-order valence-electron chi connectivity index (χ3n) is 0.371. The lowest BCUT2D eigenvalue weighted by molar-refractivity contribution is -0.134. The zero-order chi connectivity index (χ0) is 8.57. The van der Waals surface area contributed by atoms with Crippen LogP contribution in [0.1, 0.15) is 20.3 Å². The summed E-state index contributed by atoms with van der Waals surface area (Å²) in [5, 5.41) is 7.42. The van der Waals surface area contributed by atoms with E-state index in [1.165, 1.54) is 6.92 Å². The summed E-state index contributed by atoms with van der Waals surface area (Å²) in [6.07, 6.45) is 0.655. The van der Waals surface area contributed by atoms with Gasteiger partial charge in [0.05, 0.1) is 6.42 Å². The number of hydrogen-bond acceptors (Lipinski definition) is 3. The Labute approximate surface area is 58.8 Å². The van der Waals surface area contributed by atoms with Gasteiger partial charge >= 0.3 is 0 Å². The Kier molecular flexibility index (Phi) is 9.05. The summed E-state index contributed by atoms with van der Waals surface area (Å²) in [7, 11) is 0. The number of carbonyl (C=O) groups excluding carboxylic acids is 2. The molecule has 4 nitrogen and oxygen atoms in total. The molecule has 0 aliphatic carbocycles. The van der Waals surface area contributed by atoms with Crippen LogP contribution in [0.3, 0.4) is 0 Å². The molecule has 0 aromatic heterocycles. The van der Waals surface area contributed by atoms with Gasteiger partial charge in [-0.3, -0.25) is 9.59 Å². The molecular weight excluding hydrogens is 136 g/mol. The van der Waals surface area contributed by atoms with Crippen molar-refractivity contribution in [3.05, 3.63) is 0 Å². The average molecular weight is 146 g/mol. The van der Waals surface area contributed by atoms with Gasteiger partial charge in [-0.05, 0) is 6.92 Å². The van der Waals surface area contributed by atoms with E-state index in [0.717, 1.165) is 6.92 Å². The quantitative estimate of drug-likeness (QED) is 0.448. The molecule has 0 unspecified atom stereocenters. The summed E-state index contributed by atoms with van der Waals surface area (Å²) in [4.78, 5) is 28.2. The Bertz CT molecular complexity index is 124. The van der Waals surface area contributed by atoms with Gasteiger partial charge in [0.25, 0.3) is 5.97 Å². The second-order valence-electron chi connectivity index (χ2n) is 1.59. The Balaban J connectivity index is 0. The van der Waals surface area contributed by atoms with Gasteiger partial charge in [0, 0.05) is 6.92 Å². The Hall–Kier alpha value is -1.19. The fourth-order valence-electron chi connectivity index (χ4n) is 0.117. The lowest BCUT2D eigenvalue weighted by Crippen LogP contribution is -1.87. The van der Waals surface area contributed by atoms with E-state index in [2.05, 4.69) is 0 Å². The Morgan fingerprint density at radius 1 is 1.40 bits per heavy atom. The van der Waals surface area contributed by atoms with Crippen LogP contribution in [0.4, 0.5) is 0 Å². The lowest BCUT2D eigenvalue weighted by Gasteiger charge is -1.71. The highest BCUT2D eigenvalue weighted by molar-refractivity contribution is 5.87. The van der Waals surface area contributed by atoms with Crippen LogP contribution in [0.5, 0.6) is 0 Å². The van der Waals surface area contributed by atoms with E-state index < -0.39 is 5.97 Å². The maximum absolute atomic E-state index is 9.81. The van der Waals surface area contributed by atoms with Crippen molar-refractivity contribution >= 4 is 18.0 Å². The van der Waals surface area contributed by atoms with Crippen LogP contribution in [0.25, 0.3) is 0 Å². The molecule has 4 heteroatoms. The summed E-state index contributed by atoms with van der Waals surface area (Å²) in [5.74, 6) is -0.912. The van der Waals surface area contributed by atoms with Crippen molar-refractivity contribution in [2.75, 3.05) is 0 Å². The van der Waals surface area contributed by atoms with E-state index in [9.17, 15) is 9.59 Å². The van der Waals surface area contributed by atoms with Crippen LogP contribution in [-0.2, 0) is 14.4 Å². The summed E-state index contributed by atoms with van der Waals surface area (Å²) >= 11 is 0. The number of aliphatic carboxylic acids is 1. The zero-order valence-corrected chi connectivity index (χ0v) is 5.96. The molecule has 1 N–H and O–H groups in total. The molecule has 0 bridgehead atoms. The SMILES string of the molecule is CC(=O)CC=O.CC(=O)O. The number of Topliss-reactive ketones (excluding diaryl/α,β-unsaturated/α-hetero) is 1. The molecule has 0 saturated carbocycles. The van der Waals surface area contributed by atoms with Gasteiger partial charge in [-0.1, -0.05) is 0 Å². The number of aldehydes is 1. The maximum atomic E-state index is 9.81. The standard InChI is InChI=1S/C4H6O2.C2H4O2/c1-4(6)2-3-5;1-2(3)4/h3H,2H2,1H3;1H3,(H,3,4). The van der Waals surface area contributed by atoms with Crippen LogP contribution in [0.2, 0.25) is 0 Å². The first kappa shape index (κ1) is 11.6. The molecule has 0 aliphatic heterocycles. The van der Waals surface area contributed by atoms with Crippen molar-refractivity contribution < 1.29 is 19.5 Å². The highest BCUT2D eigenvalue weighted by atomic mass is 16.4. The van der Waals surface area contributed by atoms with Gasteiger partial charge < -0.3 is 9.90 Å². The van der Waals surface area contributed by atoms with Crippen molar-refractivity contribution in [2.24, 2.45) is 0 Å². The monoisotopic (exact) mass is 146 g/mol. The van der Waals surface area contributed by atoms with Crippen LogP contribution in [0, 0.1) is 0 Å². The van der Waals surface area contributed by atoms with E-state index >= 15 is 0 Å². The predicted octanol–water partition coefficient (Wildman–Crippen LogP) is 0.255. The van der Waals surface area contributed by atoms with Crippen LogP contribution in [-0.4, -0.2) is 23.1 Å². The summed E-state index contributed by atoms with van der Waals surface area (Å²) in [6, 6.07) is 0. The maximum Gasteiger partial charge on any atom is 0.300 e. The third kappa shape index (κ3) is 70.2. The van der Waals surface area contributed by atoms with Crippen molar-refractivity contribution in [2.45, 2.75) is 20.3 Å². The second kappa shape index (κ2) is 7.81. The normalized spacial score (nSPS) is 7.00. The minimum atomic E-state index is -0.833. The van der Waals surface area contributed by atoms with Gasteiger partial charge in [-0.25, -0.2) is 0 Å². The number of ketones is 1. The molecule has 0 aliphatic rings. The second-order valence-corrected chi connectivity index (χ2v) is 1.59. The van der Waals surface area contributed by atoms with Crippen molar-refractivity contribution in [3.63, 3.8) is 0 Å². The Morgan fingerprint density at radius 3 is 1.70 bits per heavy atom. The molecule has 0 aromatic rings. The molecule has 10 heavy (non-hydrogen) atoms. The van der Waals surface area contributed by atoms with E-state index in [4.69, 9.17) is 9.90 Å². The average Bonchev–Trinajstić information content (AvgIpc) is 1.62. The number of carboxylic acid groups (broad SMARTS) is 1. The van der Waals surface area contributed by atoms with Crippen molar-refractivity contribution in [1.29, 1.82) is 0 Å². The van der Waals surface area contributed by atoms with Crippen LogP contribution >= 0.6 is 0 Å². The van der Waals surface area contributed by atoms with E-state index in [-0.39, 0.29) is 12.2 Å². The highest BCUT2D eigenvalue weighted by Gasteiger charge is 1.83. The first-order chi connectivity index (χ1) is 4.50. The molecule has 0 aromatic carbocycles. The first-order valence-electron chi connectivity index (χ1n) is 2.63. The van der Waals surface area contributed by atoms with E-state index in [1.54, 1.807) is 0 Å². The number of rotatable bonds is 2. The predicted molar refractivity (Wildman–Crippen MR) is 34.7 cm³/mol. The molecule has 0 rings (SSSR count). The van der Waals surface area contributed by atoms with E-state index in [1.807, 2.05) is 0 Å². The van der Waals surface area contributed by atoms with Crippen molar-refractivity contribution in [3.8, 4) is 0 Å². The molecule has 0 saturated heterocycles. The summed E-state index contributed by atoms with van der Waals surface area (Å²) in [5.41, 5.74) is 0. The minimum absolute atomic E-state index is 0.0556. The van der Waals surface area contributed by atoms with Crippen LogP contribution in [0.15, 0.2) is 0 Å². The molecular formula is C6H10O4. The molecule has 0 atom stereocenters. The molecule has 0 fully saturated rings. The Morgan fingerprint density at radius 2 is 1.70 bits per heavy atom. The number of hydrogen-bond donors (Lipinski definition) is 1. The highest BCUT2D eigenvalue weighted by Crippen LogP contribution is 1.69. The first-order valence-corrected chi connectivity index (χ1v) is 2.63. The van der Waals surface area contributed by atoms with E-state index in [0.29, 0.717) is 6.29 Å². The molecule has 58 valence electrons. The summed E-state index contributed by atoms with van der Waals surface area (Å²) in [6.45, 7) is 2.47. The van der Waals surface area contributed by atoms with Gasteiger partial charge in [0.15, 0.2) is 0 Å². The smallest absolute Gasteiger partial charge is 0.300 e. The topological polar surface area (TPSA) is 71.4 Å². The minimum Gasteiger partial charge on any atom is -0.481 e. The lowest BCUT2D eigenvalue weighted by atomic mass is 10.3. The molecule has 0 spiro atoms. The summed E-state index contributed by atoms with van der Waals surface area (Å²) < 4.78 is 0. The molecule has 0 amide bonds. The van der Waals surface area contributed by atoms with Gasteiger partial charge in [0.2, 0.25) is 0 Å². The zero-order valence-electron chi connectivity index (χ0n) is 5.96. The third-order valence-corrected chi connectivity index (χ3v) is 0.371. The molecule has 0 radical (unpaired) electrons. The van der Waals surface area contributed by atoms with Crippen LogP contribution < -0.4 is 0 Å². The fourth-order valence-corrected chi connectivity index (χ4v) is 0.117. The largest absolute Gasteiger partial charge is 0.481 e. The van der Waals surface area contributed by atoms with Crippen molar-refractivity contribution in [1.82, 2.24) is 0 Å².